The third-order valence-corrected chi connectivity index (χ3v) is 3.29. The van der Waals surface area contributed by atoms with E-state index in [0.29, 0.717) is 5.56 Å². The lowest BCUT2D eigenvalue weighted by molar-refractivity contribution is -0.137. The summed E-state index contributed by atoms with van der Waals surface area (Å²) in [6.45, 7) is 1.22. The molecule has 7 heteroatoms. The summed E-state index contributed by atoms with van der Waals surface area (Å²) < 4.78 is 42.8. The minimum Gasteiger partial charge on any atom is -0.489 e. The smallest absolute Gasteiger partial charge is 0.416 e. The van der Waals surface area contributed by atoms with Gasteiger partial charge in [-0.05, 0) is 42.8 Å². The highest BCUT2D eigenvalue weighted by Gasteiger charge is 2.29. The summed E-state index contributed by atoms with van der Waals surface area (Å²) in [5.74, 6) is -1.45. The van der Waals surface area contributed by atoms with Gasteiger partial charge in [0.1, 0.15) is 12.4 Å². The van der Waals surface area contributed by atoms with Gasteiger partial charge in [0.25, 0.3) is 0 Å². The van der Waals surface area contributed by atoms with Gasteiger partial charge in [-0.25, -0.2) is 4.79 Å². The van der Waals surface area contributed by atoms with Gasteiger partial charge < -0.3 is 9.84 Å². The Labute approximate surface area is 135 Å². The Morgan fingerprint density at radius 3 is 2.17 bits per heavy atom. The van der Waals surface area contributed by atoms with Crippen molar-refractivity contribution in [1.82, 2.24) is 0 Å². The molecule has 0 fully saturated rings. The first-order valence-corrected chi connectivity index (χ1v) is 6.85. The largest absolute Gasteiger partial charge is 0.489 e. The zero-order chi connectivity index (χ0) is 17.9. The van der Waals surface area contributed by atoms with Crippen LogP contribution in [0.15, 0.2) is 42.5 Å². The standard InChI is InChI=1S/C17H13F3O4/c1-10(21)14-7-6-13(8-15(14)16(22)23)24-9-11-2-4-12(5-3-11)17(18,19)20/h2-8H,9H2,1H3,(H,22,23). The van der Waals surface area contributed by atoms with Gasteiger partial charge in [-0.15, -0.1) is 0 Å². The second-order valence-electron chi connectivity index (χ2n) is 5.05. The van der Waals surface area contributed by atoms with Gasteiger partial charge in [-0.2, -0.15) is 13.2 Å². The van der Waals surface area contributed by atoms with Crippen molar-refractivity contribution in [3.05, 3.63) is 64.7 Å². The van der Waals surface area contributed by atoms with Gasteiger partial charge in [0.05, 0.1) is 11.1 Å². The number of carbonyl (C=O) groups excluding carboxylic acids is 1. The van der Waals surface area contributed by atoms with Crippen molar-refractivity contribution in [2.45, 2.75) is 19.7 Å². The lowest BCUT2D eigenvalue weighted by Gasteiger charge is -2.10. The Balaban J connectivity index is 2.13. The van der Waals surface area contributed by atoms with E-state index in [2.05, 4.69) is 0 Å². The zero-order valence-electron chi connectivity index (χ0n) is 12.6. The number of carbonyl (C=O) groups is 2. The number of hydrogen-bond donors (Lipinski definition) is 1. The van der Waals surface area contributed by atoms with Crippen LogP contribution in [0.3, 0.4) is 0 Å². The molecule has 2 rings (SSSR count). The lowest BCUT2D eigenvalue weighted by Crippen LogP contribution is -2.07. The topological polar surface area (TPSA) is 63.6 Å². The number of Topliss-reactive ketones (excluding diaryl/α,β-unsaturated/α-hetero) is 1. The summed E-state index contributed by atoms with van der Waals surface area (Å²) in [4.78, 5) is 22.5. The van der Waals surface area contributed by atoms with Crippen molar-refractivity contribution >= 4 is 11.8 Å². The zero-order valence-corrected chi connectivity index (χ0v) is 12.6. The molecule has 0 atom stereocenters. The van der Waals surface area contributed by atoms with E-state index >= 15 is 0 Å². The highest BCUT2D eigenvalue weighted by molar-refractivity contribution is 6.05. The molecule has 1 N–H and O–H groups in total. The molecule has 24 heavy (non-hydrogen) atoms. The number of ether oxygens (including phenoxy) is 1. The van der Waals surface area contributed by atoms with Gasteiger partial charge in [-0.3, -0.25) is 4.79 Å². The van der Waals surface area contributed by atoms with Crippen LogP contribution < -0.4 is 4.74 Å². The molecule has 0 unspecified atom stereocenters. The average molecular weight is 338 g/mol. The summed E-state index contributed by atoms with van der Waals surface area (Å²) >= 11 is 0. The highest BCUT2D eigenvalue weighted by Crippen LogP contribution is 2.29. The maximum atomic E-state index is 12.5. The fraction of sp³-hybridized carbons (Fsp3) is 0.176. The number of alkyl halides is 3. The average Bonchev–Trinajstić information content (AvgIpc) is 2.52. The van der Waals surface area contributed by atoms with E-state index in [0.717, 1.165) is 12.1 Å². The maximum Gasteiger partial charge on any atom is 0.416 e. The number of aromatic carboxylic acids is 1. The van der Waals surface area contributed by atoms with Crippen LogP contribution in [0.2, 0.25) is 0 Å². The minimum absolute atomic E-state index is 0.0311. The van der Waals surface area contributed by atoms with Crippen LogP contribution in [0.1, 0.15) is 38.8 Å². The van der Waals surface area contributed by atoms with Crippen molar-refractivity contribution in [3.8, 4) is 5.75 Å². The molecule has 0 saturated heterocycles. The Kier molecular flexibility index (Phi) is 4.92. The number of hydrogen-bond acceptors (Lipinski definition) is 3. The molecule has 2 aromatic rings. The third-order valence-electron chi connectivity index (χ3n) is 3.29. The van der Waals surface area contributed by atoms with E-state index in [1.54, 1.807) is 0 Å². The van der Waals surface area contributed by atoms with Crippen LogP contribution in [0, 0.1) is 0 Å². The third kappa shape index (κ3) is 4.13. The Morgan fingerprint density at radius 1 is 1.04 bits per heavy atom. The molecule has 0 spiro atoms. The quantitative estimate of drug-likeness (QED) is 0.831. The van der Waals surface area contributed by atoms with E-state index in [4.69, 9.17) is 9.84 Å². The van der Waals surface area contributed by atoms with Gasteiger partial charge in [0.15, 0.2) is 5.78 Å². The van der Waals surface area contributed by atoms with E-state index in [1.165, 1.54) is 37.3 Å². The fourth-order valence-electron chi connectivity index (χ4n) is 2.05. The number of carboxylic acid groups (broad SMARTS) is 1. The molecule has 0 saturated carbocycles. The Bertz CT molecular complexity index is 764. The van der Waals surface area contributed by atoms with E-state index in [-0.39, 0.29) is 29.3 Å². The van der Waals surface area contributed by atoms with E-state index in [1.807, 2.05) is 0 Å². The molecular weight excluding hydrogens is 325 g/mol. The number of benzene rings is 2. The molecule has 0 aliphatic carbocycles. The second-order valence-corrected chi connectivity index (χ2v) is 5.05. The van der Waals surface area contributed by atoms with Crippen molar-refractivity contribution in [3.63, 3.8) is 0 Å². The van der Waals surface area contributed by atoms with Gasteiger partial charge in [-0.1, -0.05) is 12.1 Å². The first-order chi connectivity index (χ1) is 11.2. The summed E-state index contributed by atoms with van der Waals surface area (Å²) in [7, 11) is 0. The van der Waals surface area contributed by atoms with Crippen LogP contribution in [-0.4, -0.2) is 16.9 Å². The molecular formula is C17H13F3O4. The molecule has 0 aliphatic rings. The van der Waals surface area contributed by atoms with Crippen molar-refractivity contribution in [2.75, 3.05) is 0 Å². The first-order valence-electron chi connectivity index (χ1n) is 6.85. The second kappa shape index (κ2) is 6.74. The molecule has 0 heterocycles. The molecule has 0 bridgehead atoms. The molecule has 126 valence electrons. The van der Waals surface area contributed by atoms with Crippen molar-refractivity contribution in [1.29, 1.82) is 0 Å². The predicted octanol–water partition coefficient (Wildman–Crippen LogP) is 4.19. The number of halogens is 3. The molecule has 0 amide bonds. The minimum atomic E-state index is -4.40. The van der Waals surface area contributed by atoms with Crippen molar-refractivity contribution < 1.29 is 32.6 Å². The highest BCUT2D eigenvalue weighted by atomic mass is 19.4. The van der Waals surface area contributed by atoms with Crippen LogP contribution in [0.4, 0.5) is 13.2 Å². The Hall–Kier alpha value is -2.83. The summed E-state index contributed by atoms with van der Waals surface area (Å²) in [6.07, 6.45) is -4.40. The van der Waals surface area contributed by atoms with Gasteiger partial charge >= 0.3 is 12.1 Å². The normalized spacial score (nSPS) is 11.2. The SMILES string of the molecule is CC(=O)c1ccc(OCc2ccc(C(F)(F)F)cc2)cc1C(=O)O. The van der Waals surface area contributed by atoms with E-state index in [9.17, 15) is 22.8 Å². The molecule has 0 radical (unpaired) electrons. The van der Waals surface area contributed by atoms with Gasteiger partial charge in [0.2, 0.25) is 0 Å². The Morgan fingerprint density at radius 2 is 1.67 bits per heavy atom. The van der Waals surface area contributed by atoms with Crippen LogP contribution in [0.5, 0.6) is 5.75 Å². The predicted molar refractivity (Wildman–Crippen MR) is 79.2 cm³/mol. The summed E-state index contributed by atoms with van der Waals surface area (Å²) in [6, 6.07) is 8.44. The number of carboxylic acids is 1. The first kappa shape index (κ1) is 17.5. The van der Waals surface area contributed by atoms with Crippen LogP contribution >= 0.6 is 0 Å². The van der Waals surface area contributed by atoms with Crippen LogP contribution in [-0.2, 0) is 12.8 Å². The molecule has 0 aliphatic heterocycles. The summed E-state index contributed by atoms with van der Waals surface area (Å²) in [5, 5.41) is 9.12. The lowest BCUT2D eigenvalue weighted by atomic mass is 10.0. The summed E-state index contributed by atoms with van der Waals surface area (Å²) in [5.41, 5.74) is -0.391. The molecule has 4 nitrogen and oxygen atoms in total. The number of ketones is 1. The van der Waals surface area contributed by atoms with Gasteiger partial charge in [0, 0.05) is 5.56 Å². The maximum absolute atomic E-state index is 12.5. The molecule has 2 aromatic carbocycles. The van der Waals surface area contributed by atoms with E-state index < -0.39 is 17.7 Å². The molecule has 0 aromatic heterocycles. The number of rotatable bonds is 5. The monoisotopic (exact) mass is 338 g/mol. The van der Waals surface area contributed by atoms with Crippen molar-refractivity contribution in [2.24, 2.45) is 0 Å². The fourth-order valence-corrected chi connectivity index (χ4v) is 2.05. The van der Waals surface area contributed by atoms with Crippen LogP contribution in [0.25, 0.3) is 0 Å².